The highest BCUT2D eigenvalue weighted by Gasteiger charge is 2.27. The second-order valence-electron chi connectivity index (χ2n) is 8.53. The molecule has 1 saturated heterocycles. The zero-order valence-corrected chi connectivity index (χ0v) is 18.1. The lowest BCUT2D eigenvalue weighted by Gasteiger charge is -2.24. The summed E-state index contributed by atoms with van der Waals surface area (Å²) < 4.78 is 0. The Morgan fingerprint density at radius 1 is 1.09 bits per heavy atom. The lowest BCUT2D eigenvalue weighted by Crippen LogP contribution is -2.47. The largest absolute Gasteiger partial charge is 0.478 e. The van der Waals surface area contributed by atoms with Crippen LogP contribution in [0.1, 0.15) is 59.7 Å². The average Bonchev–Trinajstić information content (AvgIpc) is 2.77. The fourth-order valence-corrected chi connectivity index (χ4v) is 4.18. The fourth-order valence-electron chi connectivity index (χ4n) is 4.18. The summed E-state index contributed by atoms with van der Waals surface area (Å²) in [6.07, 6.45) is 1.28. The second kappa shape index (κ2) is 8.83. The standard InChI is InChI=1S/C26H26N2O4/c1-15(2)17-8-6-16(7-9-17)14-18-10-11-21(27-22-12-13-23(29)28-25(22)30)24-19(18)4-3-5-20(24)26(31)32/h3-11,15,22,27H,12-14H2,1-2H3,(H,31,32)(H,28,29,30). The van der Waals surface area contributed by atoms with Gasteiger partial charge in [-0.1, -0.05) is 56.3 Å². The molecule has 3 N–H and O–H groups in total. The van der Waals surface area contributed by atoms with Gasteiger partial charge in [0.25, 0.3) is 0 Å². The summed E-state index contributed by atoms with van der Waals surface area (Å²) in [5.74, 6) is -1.25. The zero-order valence-electron chi connectivity index (χ0n) is 18.1. The Morgan fingerprint density at radius 2 is 1.84 bits per heavy atom. The van der Waals surface area contributed by atoms with Crippen molar-refractivity contribution in [2.24, 2.45) is 0 Å². The molecule has 0 spiro atoms. The van der Waals surface area contributed by atoms with Gasteiger partial charge in [-0.15, -0.1) is 0 Å². The number of carbonyl (C=O) groups is 3. The van der Waals surface area contributed by atoms with Crippen molar-refractivity contribution in [3.8, 4) is 0 Å². The van der Waals surface area contributed by atoms with Crippen LogP contribution in [0.25, 0.3) is 10.8 Å². The average molecular weight is 431 g/mol. The highest BCUT2D eigenvalue weighted by molar-refractivity contribution is 6.11. The molecule has 1 heterocycles. The third-order valence-electron chi connectivity index (χ3n) is 5.97. The quantitative estimate of drug-likeness (QED) is 0.502. The molecule has 2 amide bonds. The highest BCUT2D eigenvalue weighted by atomic mass is 16.4. The van der Waals surface area contributed by atoms with Gasteiger partial charge in [0.15, 0.2) is 0 Å². The van der Waals surface area contributed by atoms with Crippen LogP contribution in [0.15, 0.2) is 54.6 Å². The maximum atomic E-state index is 12.2. The minimum absolute atomic E-state index is 0.175. The Morgan fingerprint density at radius 3 is 2.50 bits per heavy atom. The van der Waals surface area contributed by atoms with Crippen LogP contribution in [0.3, 0.4) is 0 Å². The summed E-state index contributed by atoms with van der Waals surface area (Å²) in [4.78, 5) is 35.7. The summed E-state index contributed by atoms with van der Waals surface area (Å²) in [7, 11) is 0. The van der Waals surface area contributed by atoms with E-state index in [0.29, 0.717) is 29.8 Å². The monoisotopic (exact) mass is 430 g/mol. The molecule has 3 aromatic carbocycles. The van der Waals surface area contributed by atoms with Crippen molar-refractivity contribution in [2.45, 2.75) is 45.1 Å². The number of fused-ring (bicyclic) bond motifs is 1. The molecule has 1 unspecified atom stereocenters. The van der Waals surface area contributed by atoms with E-state index in [1.807, 2.05) is 18.2 Å². The molecule has 1 fully saturated rings. The number of piperidine rings is 1. The number of carboxylic acids is 1. The summed E-state index contributed by atoms with van der Waals surface area (Å²) in [5, 5.41) is 16.7. The molecule has 6 nitrogen and oxygen atoms in total. The zero-order chi connectivity index (χ0) is 22.8. The van der Waals surface area contributed by atoms with Crippen LogP contribution < -0.4 is 10.6 Å². The molecule has 3 aromatic rings. The first-order chi connectivity index (χ1) is 15.3. The van der Waals surface area contributed by atoms with Crippen molar-refractivity contribution >= 4 is 34.2 Å². The topological polar surface area (TPSA) is 95.5 Å². The van der Waals surface area contributed by atoms with Crippen molar-refractivity contribution in [1.82, 2.24) is 5.32 Å². The lowest BCUT2D eigenvalue weighted by molar-refractivity contribution is -0.133. The number of hydrogen-bond acceptors (Lipinski definition) is 4. The van der Waals surface area contributed by atoms with Gasteiger partial charge in [-0.25, -0.2) is 4.79 Å². The maximum Gasteiger partial charge on any atom is 0.336 e. The van der Waals surface area contributed by atoms with Crippen LogP contribution in [0.5, 0.6) is 0 Å². The van der Waals surface area contributed by atoms with Crippen LogP contribution in [-0.2, 0) is 16.0 Å². The Kier molecular flexibility index (Phi) is 5.95. The smallest absolute Gasteiger partial charge is 0.336 e. The van der Waals surface area contributed by atoms with E-state index in [1.54, 1.807) is 12.1 Å². The number of rotatable bonds is 6. The summed E-state index contributed by atoms with van der Waals surface area (Å²) in [6.45, 7) is 4.31. The van der Waals surface area contributed by atoms with E-state index in [1.165, 1.54) is 5.56 Å². The molecule has 0 aromatic heterocycles. The number of aromatic carboxylic acids is 1. The van der Waals surface area contributed by atoms with Crippen molar-refractivity contribution in [1.29, 1.82) is 0 Å². The Labute approximate surface area is 186 Å². The normalized spacial score (nSPS) is 16.3. The van der Waals surface area contributed by atoms with E-state index in [4.69, 9.17) is 0 Å². The van der Waals surface area contributed by atoms with E-state index in [-0.39, 0.29) is 17.9 Å². The van der Waals surface area contributed by atoms with E-state index in [0.717, 1.165) is 16.5 Å². The van der Waals surface area contributed by atoms with Gasteiger partial charge in [0, 0.05) is 17.5 Å². The molecule has 1 aliphatic rings. The van der Waals surface area contributed by atoms with Crippen LogP contribution >= 0.6 is 0 Å². The summed E-state index contributed by atoms with van der Waals surface area (Å²) in [5.41, 5.74) is 4.17. The number of anilines is 1. The highest BCUT2D eigenvalue weighted by Crippen LogP contribution is 2.32. The SMILES string of the molecule is CC(C)c1ccc(Cc2ccc(NC3CCC(=O)NC3=O)c3c(C(=O)O)cccc23)cc1. The number of carboxylic acid groups (broad SMARTS) is 1. The number of amides is 2. The molecular weight excluding hydrogens is 404 g/mol. The molecule has 6 heteroatoms. The van der Waals surface area contributed by atoms with Gasteiger partial charge < -0.3 is 10.4 Å². The maximum absolute atomic E-state index is 12.2. The minimum atomic E-state index is -1.03. The van der Waals surface area contributed by atoms with E-state index in [2.05, 4.69) is 48.7 Å². The molecule has 164 valence electrons. The Hall–Kier alpha value is -3.67. The Balaban J connectivity index is 1.74. The number of carbonyl (C=O) groups excluding carboxylic acids is 2. The van der Waals surface area contributed by atoms with Gasteiger partial charge in [0.1, 0.15) is 6.04 Å². The van der Waals surface area contributed by atoms with Gasteiger partial charge in [0.05, 0.1) is 5.56 Å². The molecule has 0 aliphatic carbocycles. The third kappa shape index (κ3) is 4.35. The van der Waals surface area contributed by atoms with Gasteiger partial charge in [0.2, 0.25) is 11.8 Å². The van der Waals surface area contributed by atoms with Crippen molar-refractivity contribution in [3.63, 3.8) is 0 Å². The first-order valence-electron chi connectivity index (χ1n) is 10.8. The third-order valence-corrected chi connectivity index (χ3v) is 5.97. The van der Waals surface area contributed by atoms with Crippen molar-refractivity contribution in [3.05, 3.63) is 76.9 Å². The number of benzene rings is 3. The predicted octanol–water partition coefficient (Wildman–Crippen LogP) is 4.47. The molecule has 4 rings (SSSR count). The van der Waals surface area contributed by atoms with Gasteiger partial charge in [-0.2, -0.15) is 0 Å². The minimum Gasteiger partial charge on any atom is -0.478 e. The lowest BCUT2D eigenvalue weighted by atomic mass is 9.93. The molecule has 1 aliphatic heterocycles. The van der Waals surface area contributed by atoms with E-state index in [9.17, 15) is 19.5 Å². The number of nitrogens with one attached hydrogen (secondary N) is 2. The molecule has 0 saturated carbocycles. The van der Waals surface area contributed by atoms with E-state index < -0.39 is 17.9 Å². The Bertz CT molecular complexity index is 1200. The van der Waals surface area contributed by atoms with Crippen LogP contribution in [0.2, 0.25) is 0 Å². The fraction of sp³-hybridized carbons (Fsp3) is 0.269. The van der Waals surface area contributed by atoms with Gasteiger partial charge >= 0.3 is 5.97 Å². The van der Waals surface area contributed by atoms with Crippen molar-refractivity contribution in [2.75, 3.05) is 5.32 Å². The molecule has 32 heavy (non-hydrogen) atoms. The number of imide groups is 1. The van der Waals surface area contributed by atoms with Crippen LogP contribution in [-0.4, -0.2) is 28.9 Å². The first kappa shape index (κ1) is 21.6. The summed E-state index contributed by atoms with van der Waals surface area (Å²) in [6, 6.07) is 16.9. The van der Waals surface area contributed by atoms with E-state index >= 15 is 0 Å². The molecule has 0 bridgehead atoms. The molecule has 0 radical (unpaired) electrons. The number of hydrogen-bond donors (Lipinski definition) is 3. The first-order valence-corrected chi connectivity index (χ1v) is 10.8. The van der Waals surface area contributed by atoms with Gasteiger partial charge in [-0.3, -0.25) is 14.9 Å². The molecule has 1 atom stereocenters. The van der Waals surface area contributed by atoms with Crippen molar-refractivity contribution < 1.29 is 19.5 Å². The second-order valence-corrected chi connectivity index (χ2v) is 8.53. The van der Waals surface area contributed by atoms with Gasteiger partial charge in [-0.05, 0) is 53.0 Å². The van der Waals surface area contributed by atoms with Crippen LogP contribution in [0, 0.1) is 0 Å². The van der Waals surface area contributed by atoms with Crippen LogP contribution in [0.4, 0.5) is 5.69 Å². The molecular formula is C26H26N2O4. The predicted molar refractivity (Wildman–Crippen MR) is 124 cm³/mol. The summed E-state index contributed by atoms with van der Waals surface area (Å²) >= 11 is 0.